The van der Waals surface area contributed by atoms with E-state index in [1.165, 1.54) is 11.5 Å². The zero-order valence-corrected chi connectivity index (χ0v) is 12.8. The first-order chi connectivity index (χ1) is 8.43. The first-order valence-electron chi connectivity index (χ1n) is 6.23. The van der Waals surface area contributed by atoms with Crippen molar-refractivity contribution < 1.29 is 5.11 Å². The van der Waals surface area contributed by atoms with Crippen LogP contribution in [0, 0.1) is 0 Å². The van der Waals surface area contributed by atoms with Crippen molar-refractivity contribution in [1.29, 1.82) is 0 Å². The van der Waals surface area contributed by atoms with Crippen LogP contribution in [0.5, 0.6) is 0 Å². The molecule has 3 N–H and O–H groups in total. The normalized spacial score (nSPS) is 27.0. The first-order valence-corrected chi connectivity index (χ1v) is 9.58. The van der Waals surface area contributed by atoms with Gasteiger partial charge in [-0.15, -0.1) is 0 Å². The minimum Gasteiger partial charge on any atom is -0.395 e. The molecule has 0 amide bonds. The molecule has 3 nitrogen and oxygen atoms in total. The number of hydrogen-bond acceptors (Lipinski definition) is 6. The molecular weight excluding hydrogens is 272 g/mol. The number of nitrogens with one attached hydrogen (secondary N) is 2. The molecule has 0 aromatic rings. The second kappa shape index (κ2) is 12.0. The van der Waals surface area contributed by atoms with E-state index in [-0.39, 0.29) is 0 Å². The van der Waals surface area contributed by atoms with E-state index in [4.69, 9.17) is 0 Å². The summed E-state index contributed by atoms with van der Waals surface area (Å²) in [6.45, 7) is 4.67. The lowest BCUT2D eigenvalue weighted by Gasteiger charge is -2.13. The maximum Gasteiger partial charge on any atom is 0.0558 e. The average Bonchev–Trinajstić information content (AvgIpc) is 2.36. The molecule has 0 spiro atoms. The molecule has 0 radical (unpaired) electrons. The van der Waals surface area contributed by atoms with E-state index < -0.39 is 0 Å². The minimum atomic E-state index is 0.306. The van der Waals surface area contributed by atoms with E-state index in [1.54, 1.807) is 0 Å². The Hall–Kier alpha value is 0.930. The molecule has 0 unspecified atom stereocenters. The lowest BCUT2D eigenvalue weighted by molar-refractivity contribution is 0.301. The summed E-state index contributed by atoms with van der Waals surface area (Å²) in [4.78, 5) is 0. The molecule has 1 aliphatic heterocycles. The molecule has 0 aliphatic carbocycles. The maximum atomic E-state index is 9.27. The monoisotopic (exact) mass is 296 g/mol. The molecule has 1 atom stereocenters. The summed E-state index contributed by atoms with van der Waals surface area (Å²) in [6.07, 6.45) is 0. The van der Waals surface area contributed by atoms with Gasteiger partial charge in [-0.2, -0.15) is 35.3 Å². The summed E-state index contributed by atoms with van der Waals surface area (Å²) >= 11 is 5.85. The van der Waals surface area contributed by atoms with Crippen molar-refractivity contribution in [3.63, 3.8) is 0 Å². The van der Waals surface area contributed by atoms with Crippen LogP contribution in [0.1, 0.15) is 0 Å². The third-order valence-electron chi connectivity index (χ3n) is 2.41. The quantitative estimate of drug-likeness (QED) is 0.663. The zero-order valence-electron chi connectivity index (χ0n) is 10.3. The van der Waals surface area contributed by atoms with Crippen molar-refractivity contribution in [3.8, 4) is 0 Å². The van der Waals surface area contributed by atoms with Crippen molar-refractivity contribution in [2.75, 3.05) is 61.6 Å². The van der Waals surface area contributed by atoms with Crippen LogP contribution in [0.4, 0.5) is 0 Å². The molecular formula is C11H24N2OS3. The number of aliphatic hydroxyl groups is 1. The van der Waals surface area contributed by atoms with Crippen molar-refractivity contribution in [1.82, 2.24) is 10.6 Å². The highest BCUT2D eigenvalue weighted by molar-refractivity contribution is 8.03. The Morgan fingerprint density at radius 1 is 0.882 bits per heavy atom. The van der Waals surface area contributed by atoms with Gasteiger partial charge in [-0.1, -0.05) is 0 Å². The highest BCUT2D eigenvalue weighted by atomic mass is 32.2. The van der Waals surface area contributed by atoms with Crippen molar-refractivity contribution in [3.05, 3.63) is 0 Å². The molecule has 1 aliphatic rings. The van der Waals surface area contributed by atoms with Gasteiger partial charge in [0, 0.05) is 60.2 Å². The minimum absolute atomic E-state index is 0.306. The fourth-order valence-corrected chi connectivity index (χ4v) is 4.43. The van der Waals surface area contributed by atoms with Crippen LogP contribution in [0.25, 0.3) is 0 Å². The number of thioether (sulfide) groups is 3. The Morgan fingerprint density at radius 2 is 1.47 bits per heavy atom. The van der Waals surface area contributed by atoms with Crippen LogP contribution < -0.4 is 10.6 Å². The van der Waals surface area contributed by atoms with E-state index in [0.29, 0.717) is 11.9 Å². The van der Waals surface area contributed by atoms with E-state index in [1.807, 2.05) is 35.3 Å². The molecule has 1 fully saturated rings. The Morgan fingerprint density at radius 3 is 2.12 bits per heavy atom. The standard InChI is InChI=1S/C11H24N2OS3/c14-9-11-10-16-7-3-12-1-5-15-6-2-13-4-8-17-11/h11-14H,1-10H2/t11-/m1/s1. The summed E-state index contributed by atoms with van der Waals surface area (Å²) in [7, 11) is 0. The van der Waals surface area contributed by atoms with Gasteiger partial charge in [-0.3, -0.25) is 0 Å². The summed E-state index contributed by atoms with van der Waals surface area (Å²) in [6, 6.07) is 0. The van der Waals surface area contributed by atoms with Crippen LogP contribution in [-0.2, 0) is 0 Å². The fraction of sp³-hybridized carbons (Fsp3) is 1.00. The van der Waals surface area contributed by atoms with E-state index in [9.17, 15) is 5.11 Å². The van der Waals surface area contributed by atoms with Crippen molar-refractivity contribution in [2.24, 2.45) is 0 Å². The van der Waals surface area contributed by atoms with Gasteiger partial charge in [-0.05, 0) is 0 Å². The van der Waals surface area contributed by atoms with Gasteiger partial charge in [-0.25, -0.2) is 0 Å². The van der Waals surface area contributed by atoms with Crippen LogP contribution in [0.15, 0.2) is 0 Å². The van der Waals surface area contributed by atoms with Gasteiger partial charge in [0.15, 0.2) is 0 Å². The fourth-order valence-electron chi connectivity index (χ4n) is 1.45. The molecule has 0 aromatic carbocycles. The highest BCUT2D eigenvalue weighted by Gasteiger charge is 2.07. The summed E-state index contributed by atoms with van der Waals surface area (Å²) in [5, 5.41) is 16.6. The van der Waals surface area contributed by atoms with Gasteiger partial charge in [0.2, 0.25) is 0 Å². The van der Waals surface area contributed by atoms with Gasteiger partial charge in [0.05, 0.1) is 6.61 Å². The molecule has 6 heteroatoms. The van der Waals surface area contributed by atoms with Crippen LogP contribution in [0.2, 0.25) is 0 Å². The highest BCUT2D eigenvalue weighted by Crippen LogP contribution is 2.15. The second-order valence-corrected chi connectivity index (χ2v) is 7.65. The van der Waals surface area contributed by atoms with Crippen LogP contribution in [0.3, 0.4) is 0 Å². The Bertz CT molecular complexity index is 159. The lowest BCUT2D eigenvalue weighted by Crippen LogP contribution is -2.22. The van der Waals surface area contributed by atoms with Crippen molar-refractivity contribution in [2.45, 2.75) is 5.25 Å². The Labute approximate surface area is 118 Å². The Kier molecular flexibility index (Phi) is 11.3. The zero-order chi connectivity index (χ0) is 12.2. The molecule has 1 heterocycles. The second-order valence-electron chi connectivity index (χ2n) is 3.86. The average molecular weight is 297 g/mol. The van der Waals surface area contributed by atoms with E-state index >= 15 is 0 Å². The van der Waals surface area contributed by atoms with E-state index in [2.05, 4.69) is 10.6 Å². The molecule has 0 saturated carbocycles. The summed E-state index contributed by atoms with van der Waals surface area (Å²) in [5.41, 5.74) is 0. The summed E-state index contributed by atoms with van der Waals surface area (Å²) < 4.78 is 0. The largest absolute Gasteiger partial charge is 0.395 e. The predicted octanol–water partition coefficient (Wildman–Crippen LogP) is 0.740. The van der Waals surface area contributed by atoms with Crippen molar-refractivity contribution >= 4 is 35.3 Å². The third-order valence-corrected chi connectivity index (χ3v) is 5.96. The van der Waals surface area contributed by atoms with Gasteiger partial charge in [0.1, 0.15) is 0 Å². The van der Waals surface area contributed by atoms with Gasteiger partial charge >= 0.3 is 0 Å². The topological polar surface area (TPSA) is 44.3 Å². The molecule has 1 rings (SSSR count). The lowest BCUT2D eigenvalue weighted by atomic mass is 10.5. The number of hydrogen-bond donors (Lipinski definition) is 3. The number of aliphatic hydroxyl groups excluding tert-OH is 1. The van der Waals surface area contributed by atoms with E-state index in [0.717, 1.165) is 43.4 Å². The SMILES string of the molecule is OC[C@@H]1CSCCNCCSCCNCCS1. The smallest absolute Gasteiger partial charge is 0.0558 e. The van der Waals surface area contributed by atoms with Crippen LogP contribution >= 0.6 is 35.3 Å². The van der Waals surface area contributed by atoms with Gasteiger partial charge in [0.25, 0.3) is 0 Å². The predicted molar refractivity (Wildman–Crippen MR) is 83.7 cm³/mol. The molecule has 0 bridgehead atoms. The number of rotatable bonds is 1. The van der Waals surface area contributed by atoms with Crippen LogP contribution in [-0.4, -0.2) is 71.9 Å². The molecule has 102 valence electrons. The molecule has 1 saturated heterocycles. The third kappa shape index (κ3) is 9.50. The van der Waals surface area contributed by atoms with Gasteiger partial charge < -0.3 is 15.7 Å². The molecule has 0 aromatic heterocycles. The summed E-state index contributed by atoms with van der Waals surface area (Å²) in [5.74, 6) is 5.73. The first kappa shape index (κ1) is 16.0. The Balaban J connectivity index is 2.16. The maximum absolute atomic E-state index is 9.27. The molecule has 17 heavy (non-hydrogen) atoms.